The molecule has 2 heterocycles. The number of hydrogen-bond acceptors (Lipinski definition) is 2. The highest BCUT2D eigenvalue weighted by molar-refractivity contribution is 5.28. The molecule has 116 valence electrons. The summed E-state index contributed by atoms with van der Waals surface area (Å²) in [6.07, 6.45) is 4.30. The Balaban J connectivity index is 2.04. The van der Waals surface area contributed by atoms with E-state index in [2.05, 4.69) is 56.0 Å². The second kappa shape index (κ2) is 5.40. The molecule has 2 heteroatoms. The third kappa shape index (κ3) is 2.64. The van der Waals surface area contributed by atoms with Gasteiger partial charge in [-0.2, -0.15) is 0 Å². The molecule has 2 fully saturated rings. The lowest BCUT2D eigenvalue weighted by atomic mass is 9.64. The number of fused-ring (bicyclic) bond motifs is 2. The molecule has 2 saturated heterocycles. The SMILES string of the molecule is CC(C)(C)[C@H]1CCN2CCC[C@@](c3ccccc3)(C1)C2O. The molecule has 1 aromatic rings. The van der Waals surface area contributed by atoms with Crippen molar-refractivity contribution in [3.63, 3.8) is 0 Å². The van der Waals surface area contributed by atoms with E-state index in [4.69, 9.17) is 0 Å². The minimum atomic E-state index is -0.319. The van der Waals surface area contributed by atoms with Crippen LogP contribution in [0.15, 0.2) is 30.3 Å². The van der Waals surface area contributed by atoms with E-state index >= 15 is 0 Å². The van der Waals surface area contributed by atoms with Gasteiger partial charge >= 0.3 is 0 Å². The average Bonchev–Trinajstić information content (AvgIpc) is 2.54. The second-order valence-corrected chi connectivity index (χ2v) is 8.09. The van der Waals surface area contributed by atoms with E-state index in [1.807, 2.05) is 0 Å². The maximum Gasteiger partial charge on any atom is 0.117 e. The van der Waals surface area contributed by atoms with Gasteiger partial charge in [0.05, 0.1) is 0 Å². The van der Waals surface area contributed by atoms with E-state index in [1.54, 1.807) is 0 Å². The van der Waals surface area contributed by atoms with Crippen molar-refractivity contribution in [3.05, 3.63) is 35.9 Å². The molecule has 2 bridgehead atoms. The van der Waals surface area contributed by atoms with Crippen LogP contribution in [-0.2, 0) is 5.41 Å². The lowest BCUT2D eigenvalue weighted by Gasteiger charge is -2.47. The van der Waals surface area contributed by atoms with Crippen molar-refractivity contribution < 1.29 is 5.11 Å². The van der Waals surface area contributed by atoms with Crippen LogP contribution in [0.5, 0.6) is 0 Å². The highest BCUT2D eigenvalue weighted by atomic mass is 16.3. The van der Waals surface area contributed by atoms with E-state index in [0.717, 1.165) is 25.9 Å². The quantitative estimate of drug-likeness (QED) is 0.849. The van der Waals surface area contributed by atoms with Gasteiger partial charge in [0, 0.05) is 18.5 Å². The van der Waals surface area contributed by atoms with Gasteiger partial charge in [-0.3, -0.25) is 4.90 Å². The summed E-state index contributed by atoms with van der Waals surface area (Å²) in [5.74, 6) is 0.662. The van der Waals surface area contributed by atoms with E-state index in [0.29, 0.717) is 11.3 Å². The van der Waals surface area contributed by atoms with Gasteiger partial charge < -0.3 is 5.11 Å². The Morgan fingerprint density at radius 1 is 1.14 bits per heavy atom. The van der Waals surface area contributed by atoms with Crippen LogP contribution in [0.4, 0.5) is 0 Å². The van der Waals surface area contributed by atoms with Crippen molar-refractivity contribution in [2.24, 2.45) is 11.3 Å². The van der Waals surface area contributed by atoms with Gasteiger partial charge in [-0.05, 0) is 42.6 Å². The molecule has 3 rings (SSSR count). The molecule has 0 spiro atoms. The molecule has 2 nitrogen and oxygen atoms in total. The molecule has 1 aromatic carbocycles. The number of piperidine rings is 1. The molecule has 0 saturated carbocycles. The van der Waals surface area contributed by atoms with Crippen molar-refractivity contribution in [1.29, 1.82) is 0 Å². The van der Waals surface area contributed by atoms with Crippen LogP contribution in [0.3, 0.4) is 0 Å². The number of aliphatic hydroxyl groups excluding tert-OH is 1. The molecule has 0 aromatic heterocycles. The first-order chi connectivity index (χ1) is 9.93. The van der Waals surface area contributed by atoms with Gasteiger partial charge in [0.2, 0.25) is 0 Å². The van der Waals surface area contributed by atoms with E-state index in [1.165, 1.54) is 18.4 Å². The van der Waals surface area contributed by atoms with Gasteiger partial charge in [-0.25, -0.2) is 0 Å². The monoisotopic (exact) mass is 287 g/mol. The molecule has 2 aliphatic rings. The van der Waals surface area contributed by atoms with Crippen LogP contribution in [0.25, 0.3) is 0 Å². The zero-order valence-electron chi connectivity index (χ0n) is 13.7. The molecular weight excluding hydrogens is 258 g/mol. The lowest BCUT2D eigenvalue weighted by Crippen LogP contribution is -2.54. The smallest absolute Gasteiger partial charge is 0.117 e. The van der Waals surface area contributed by atoms with Crippen LogP contribution in [0.2, 0.25) is 0 Å². The summed E-state index contributed by atoms with van der Waals surface area (Å²) >= 11 is 0. The van der Waals surface area contributed by atoms with Crippen molar-refractivity contribution in [2.75, 3.05) is 13.1 Å². The average molecular weight is 287 g/mol. The van der Waals surface area contributed by atoms with Crippen LogP contribution in [-0.4, -0.2) is 29.3 Å². The Bertz CT molecular complexity index is 478. The standard InChI is InChI=1S/C19H29NO/c1-18(2,3)16-10-13-20-12-7-11-19(14-16,17(20)21)15-8-5-4-6-9-15/h4-6,8-9,16-17,21H,7,10-14H2,1-3H3/t16-,17?,19-/m0/s1. The third-order valence-electron chi connectivity index (χ3n) is 5.86. The Hall–Kier alpha value is -0.860. The van der Waals surface area contributed by atoms with Crippen molar-refractivity contribution in [3.8, 4) is 0 Å². The van der Waals surface area contributed by atoms with Gasteiger partial charge in [-0.1, -0.05) is 51.1 Å². The number of rotatable bonds is 1. The van der Waals surface area contributed by atoms with Gasteiger partial charge in [-0.15, -0.1) is 0 Å². The number of hydrogen-bond donors (Lipinski definition) is 1. The first kappa shape index (κ1) is 15.1. The van der Waals surface area contributed by atoms with Gasteiger partial charge in [0.25, 0.3) is 0 Å². The summed E-state index contributed by atoms with van der Waals surface area (Å²) in [5, 5.41) is 11.1. The molecule has 21 heavy (non-hydrogen) atoms. The summed E-state index contributed by atoms with van der Waals surface area (Å²) in [5.41, 5.74) is 1.56. The Morgan fingerprint density at radius 2 is 1.86 bits per heavy atom. The van der Waals surface area contributed by atoms with E-state index in [-0.39, 0.29) is 11.6 Å². The topological polar surface area (TPSA) is 23.5 Å². The minimum absolute atomic E-state index is 0.0754. The number of benzene rings is 1. The van der Waals surface area contributed by atoms with E-state index < -0.39 is 0 Å². The highest BCUT2D eigenvalue weighted by Gasteiger charge is 2.49. The molecule has 2 unspecified atom stereocenters. The molecule has 2 aliphatic heterocycles. The van der Waals surface area contributed by atoms with Crippen LogP contribution >= 0.6 is 0 Å². The largest absolute Gasteiger partial charge is 0.377 e. The molecule has 0 amide bonds. The first-order valence-electron chi connectivity index (χ1n) is 8.41. The van der Waals surface area contributed by atoms with Crippen LogP contribution < -0.4 is 0 Å². The van der Waals surface area contributed by atoms with Crippen LogP contribution in [0, 0.1) is 11.3 Å². The lowest BCUT2D eigenvalue weighted by molar-refractivity contribution is -0.0795. The van der Waals surface area contributed by atoms with Crippen LogP contribution in [0.1, 0.15) is 52.0 Å². The Kier molecular flexibility index (Phi) is 3.87. The van der Waals surface area contributed by atoms with Crippen molar-refractivity contribution in [1.82, 2.24) is 4.90 Å². The highest BCUT2D eigenvalue weighted by Crippen LogP contribution is 2.49. The van der Waals surface area contributed by atoms with Crippen molar-refractivity contribution in [2.45, 2.75) is 58.1 Å². The summed E-state index contributed by atoms with van der Waals surface area (Å²) < 4.78 is 0. The zero-order chi connectivity index (χ0) is 15.1. The first-order valence-corrected chi connectivity index (χ1v) is 8.41. The molecule has 1 N–H and O–H groups in total. The molecule has 0 radical (unpaired) electrons. The normalized spacial score (nSPS) is 37.0. The Morgan fingerprint density at radius 3 is 2.52 bits per heavy atom. The summed E-state index contributed by atoms with van der Waals surface area (Å²) in [4.78, 5) is 2.32. The van der Waals surface area contributed by atoms with Gasteiger partial charge in [0.1, 0.15) is 6.23 Å². The minimum Gasteiger partial charge on any atom is -0.377 e. The van der Waals surface area contributed by atoms with E-state index in [9.17, 15) is 5.11 Å². The molecular formula is C19H29NO. The summed E-state index contributed by atoms with van der Waals surface area (Å²) in [7, 11) is 0. The summed E-state index contributed by atoms with van der Waals surface area (Å²) in [6, 6.07) is 10.8. The Labute approximate surface area is 129 Å². The fourth-order valence-electron chi connectivity index (χ4n) is 4.42. The fraction of sp³-hybridized carbons (Fsp3) is 0.684. The fourth-order valence-corrected chi connectivity index (χ4v) is 4.42. The third-order valence-corrected chi connectivity index (χ3v) is 5.86. The number of aliphatic hydroxyl groups is 1. The zero-order valence-corrected chi connectivity index (χ0v) is 13.7. The molecule has 4 atom stereocenters. The number of nitrogens with zero attached hydrogens (tertiary/aromatic N) is 1. The predicted molar refractivity (Wildman–Crippen MR) is 87.1 cm³/mol. The second-order valence-electron chi connectivity index (χ2n) is 8.09. The van der Waals surface area contributed by atoms with Gasteiger partial charge in [0.15, 0.2) is 0 Å². The van der Waals surface area contributed by atoms with Crippen molar-refractivity contribution >= 4 is 0 Å². The maximum atomic E-state index is 11.1. The predicted octanol–water partition coefficient (Wildman–Crippen LogP) is 3.79. The summed E-state index contributed by atoms with van der Waals surface area (Å²) in [6.45, 7) is 9.15. The maximum absolute atomic E-state index is 11.1. The molecule has 0 aliphatic carbocycles.